The van der Waals surface area contributed by atoms with E-state index >= 15 is 0 Å². The van der Waals surface area contributed by atoms with Gasteiger partial charge >= 0.3 is 0 Å². The first kappa shape index (κ1) is 16.5. The summed E-state index contributed by atoms with van der Waals surface area (Å²) in [5, 5.41) is 16.7. The van der Waals surface area contributed by atoms with Crippen LogP contribution in [-0.2, 0) is 4.79 Å². The predicted octanol–water partition coefficient (Wildman–Crippen LogP) is 3.57. The Bertz CT molecular complexity index is 757. The summed E-state index contributed by atoms with van der Waals surface area (Å²) in [6.07, 6.45) is 0. The van der Waals surface area contributed by atoms with Crippen LogP contribution in [0, 0.1) is 30.9 Å². The normalized spacial score (nSPS) is 10.2. The van der Waals surface area contributed by atoms with Crippen LogP contribution >= 0.6 is 0 Å². The van der Waals surface area contributed by atoms with Crippen molar-refractivity contribution in [3.63, 3.8) is 0 Å². The highest BCUT2D eigenvalue weighted by molar-refractivity contribution is 5.94. The average Bonchev–Trinajstić information content (AvgIpc) is 2.50. The summed E-state index contributed by atoms with van der Waals surface area (Å²) in [6.45, 7) is 5.62. The molecule has 120 valence electrons. The molecule has 0 saturated heterocycles. The van der Waals surface area contributed by atoms with E-state index in [1.807, 2.05) is 32.0 Å². The van der Waals surface area contributed by atoms with Crippen molar-refractivity contribution in [3.8, 4) is 0 Å². The Labute approximate surface area is 134 Å². The van der Waals surface area contributed by atoms with Gasteiger partial charge in [-0.05, 0) is 44.0 Å². The fourth-order valence-electron chi connectivity index (χ4n) is 2.27. The lowest BCUT2D eigenvalue weighted by Crippen LogP contribution is -2.22. The molecule has 0 fully saturated rings. The van der Waals surface area contributed by atoms with Gasteiger partial charge in [-0.1, -0.05) is 18.2 Å². The van der Waals surface area contributed by atoms with Crippen LogP contribution in [0.15, 0.2) is 36.4 Å². The minimum absolute atomic E-state index is 0.0323. The fraction of sp³-hybridized carbons (Fsp3) is 0.235. The number of nitro groups is 1. The number of rotatable bonds is 5. The van der Waals surface area contributed by atoms with Crippen molar-refractivity contribution in [1.82, 2.24) is 0 Å². The smallest absolute Gasteiger partial charge is 0.274 e. The summed E-state index contributed by atoms with van der Waals surface area (Å²) in [5.74, 6) is -0.204. The maximum Gasteiger partial charge on any atom is 0.274 e. The number of hydrogen-bond acceptors (Lipinski definition) is 4. The minimum atomic E-state index is -0.434. The topological polar surface area (TPSA) is 84.3 Å². The van der Waals surface area contributed by atoms with Crippen LogP contribution in [0.4, 0.5) is 17.1 Å². The number of benzene rings is 2. The third kappa shape index (κ3) is 3.85. The molecule has 0 radical (unpaired) electrons. The molecule has 0 heterocycles. The van der Waals surface area contributed by atoms with Crippen molar-refractivity contribution in [3.05, 3.63) is 63.2 Å². The molecule has 0 unspecified atom stereocenters. The van der Waals surface area contributed by atoms with Crippen molar-refractivity contribution >= 4 is 23.0 Å². The molecule has 23 heavy (non-hydrogen) atoms. The molecule has 0 aliphatic rings. The van der Waals surface area contributed by atoms with Crippen molar-refractivity contribution in [1.29, 1.82) is 0 Å². The van der Waals surface area contributed by atoms with Crippen molar-refractivity contribution < 1.29 is 9.72 Å². The molecular weight excluding hydrogens is 294 g/mol. The van der Waals surface area contributed by atoms with Gasteiger partial charge in [-0.15, -0.1) is 0 Å². The van der Waals surface area contributed by atoms with Gasteiger partial charge in [0.15, 0.2) is 0 Å². The first-order chi connectivity index (χ1) is 10.9. The van der Waals surface area contributed by atoms with Gasteiger partial charge in [-0.25, -0.2) is 0 Å². The number of carbonyl (C=O) groups is 1. The number of hydrogen-bond donors (Lipinski definition) is 2. The second-order valence-corrected chi connectivity index (χ2v) is 5.36. The monoisotopic (exact) mass is 313 g/mol. The van der Waals surface area contributed by atoms with Crippen LogP contribution in [-0.4, -0.2) is 17.4 Å². The molecule has 0 aromatic heterocycles. The highest BCUT2D eigenvalue weighted by Gasteiger charge is 2.13. The van der Waals surface area contributed by atoms with Gasteiger partial charge in [-0.2, -0.15) is 0 Å². The van der Waals surface area contributed by atoms with Crippen LogP contribution < -0.4 is 10.6 Å². The minimum Gasteiger partial charge on any atom is -0.376 e. The van der Waals surface area contributed by atoms with Crippen LogP contribution in [0.3, 0.4) is 0 Å². The van der Waals surface area contributed by atoms with Crippen LogP contribution in [0.5, 0.6) is 0 Å². The Hall–Kier alpha value is -2.89. The quantitative estimate of drug-likeness (QED) is 0.653. The molecule has 0 bridgehead atoms. The van der Waals surface area contributed by atoms with E-state index in [4.69, 9.17) is 0 Å². The Balaban J connectivity index is 2.04. The molecule has 0 spiro atoms. The van der Waals surface area contributed by atoms with E-state index < -0.39 is 4.92 Å². The Kier molecular flexibility index (Phi) is 4.95. The molecule has 2 N–H and O–H groups in total. The molecule has 6 heteroatoms. The number of aryl methyl sites for hydroxylation is 1. The standard InChI is InChI=1S/C17H19N3O3/c1-11-6-4-8-15(12(11)2)19-17(21)10-18-14-7-5-9-16(13(14)3)20(22)23/h4-9,18H,10H2,1-3H3,(H,19,21). The van der Waals surface area contributed by atoms with Crippen molar-refractivity contribution in [2.45, 2.75) is 20.8 Å². The van der Waals surface area contributed by atoms with Crippen molar-refractivity contribution in [2.75, 3.05) is 17.2 Å². The molecule has 2 aromatic carbocycles. The maximum absolute atomic E-state index is 12.1. The predicted molar refractivity (Wildman–Crippen MR) is 90.9 cm³/mol. The van der Waals surface area contributed by atoms with E-state index in [2.05, 4.69) is 10.6 Å². The molecule has 0 aliphatic heterocycles. The highest BCUT2D eigenvalue weighted by atomic mass is 16.6. The van der Waals surface area contributed by atoms with Crippen LogP contribution in [0.1, 0.15) is 16.7 Å². The Morgan fingerprint density at radius 1 is 1.04 bits per heavy atom. The van der Waals surface area contributed by atoms with Gasteiger partial charge < -0.3 is 10.6 Å². The van der Waals surface area contributed by atoms with E-state index in [9.17, 15) is 14.9 Å². The molecule has 6 nitrogen and oxygen atoms in total. The second-order valence-electron chi connectivity index (χ2n) is 5.36. The highest BCUT2D eigenvalue weighted by Crippen LogP contribution is 2.25. The largest absolute Gasteiger partial charge is 0.376 e. The zero-order chi connectivity index (χ0) is 17.0. The van der Waals surface area contributed by atoms with E-state index in [0.717, 1.165) is 16.8 Å². The zero-order valence-corrected chi connectivity index (χ0v) is 13.3. The molecule has 0 saturated carbocycles. The number of nitro benzene ring substituents is 1. The van der Waals surface area contributed by atoms with Gasteiger partial charge in [0.2, 0.25) is 5.91 Å². The molecule has 2 rings (SSSR count). The first-order valence-electron chi connectivity index (χ1n) is 7.24. The fourth-order valence-corrected chi connectivity index (χ4v) is 2.27. The number of carbonyl (C=O) groups excluding carboxylic acids is 1. The third-order valence-corrected chi connectivity index (χ3v) is 3.82. The zero-order valence-electron chi connectivity index (χ0n) is 13.3. The Morgan fingerprint density at radius 2 is 1.70 bits per heavy atom. The summed E-state index contributed by atoms with van der Waals surface area (Å²) in [5.41, 5.74) is 4.02. The van der Waals surface area contributed by atoms with E-state index in [-0.39, 0.29) is 18.1 Å². The molecule has 0 aliphatic carbocycles. The lowest BCUT2D eigenvalue weighted by atomic mass is 10.1. The van der Waals surface area contributed by atoms with Gasteiger partial charge in [0.1, 0.15) is 0 Å². The van der Waals surface area contributed by atoms with Crippen molar-refractivity contribution in [2.24, 2.45) is 0 Å². The SMILES string of the molecule is Cc1cccc(NC(=O)CNc2cccc([N+](=O)[O-])c2C)c1C. The molecule has 1 amide bonds. The van der Waals surface area contributed by atoms with E-state index in [1.54, 1.807) is 19.1 Å². The third-order valence-electron chi connectivity index (χ3n) is 3.82. The summed E-state index contributed by atoms with van der Waals surface area (Å²) in [6, 6.07) is 10.5. The number of nitrogens with one attached hydrogen (secondary N) is 2. The van der Waals surface area contributed by atoms with Gasteiger partial charge in [0.05, 0.1) is 11.5 Å². The summed E-state index contributed by atoms with van der Waals surface area (Å²) >= 11 is 0. The first-order valence-corrected chi connectivity index (χ1v) is 7.24. The lowest BCUT2D eigenvalue weighted by molar-refractivity contribution is -0.385. The van der Waals surface area contributed by atoms with E-state index in [0.29, 0.717) is 11.3 Å². The molecule has 2 aromatic rings. The van der Waals surface area contributed by atoms with E-state index in [1.165, 1.54) is 6.07 Å². The Morgan fingerprint density at radius 3 is 2.39 bits per heavy atom. The molecular formula is C17H19N3O3. The summed E-state index contributed by atoms with van der Waals surface area (Å²) in [7, 11) is 0. The molecule has 0 atom stereocenters. The number of amides is 1. The lowest BCUT2D eigenvalue weighted by Gasteiger charge is -2.12. The van der Waals surface area contributed by atoms with Gasteiger partial charge in [-0.3, -0.25) is 14.9 Å². The van der Waals surface area contributed by atoms with Gasteiger partial charge in [0, 0.05) is 23.0 Å². The van der Waals surface area contributed by atoms with Crippen LogP contribution in [0.2, 0.25) is 0 Å². The summed E-state index contributed by atoms with van der Waals surface area (Å²) < 4.78 is 0. The number of nitrogens with zero attached hydrogens (tertiary/aromatic N) is 1. The summed E-state index contributed by atoms with van der Waals surface area (Å²) in [4.78, 5) is 22.6. The van der Waals surface area contributed by atoms with Crippen LogP contribution in [0.25, 0.3) is 0 Å². The average molecular weight is 313 g/mol. The second kappa shape index (κ2) is 6.91. The number of anilines is 2. The maximum atomic E-state index is 12.1. The van der Waals surface area contributed by atoms with Gasteiger partial charge in [0.25, 0.3) is 5.69 Å².